The van der Waals surface area contributed by atoms with E-state index in [2.05, 4.69) is 5.32 Å². The van der Waals surface area contributed by atoms with Crippen LogP contribution >= 0.6 is 30.8 Å². The van der Waals surface area contributed by atoms with Crippen LogP contribution in [0.4, 0.5) is 0 Å². The van der Waals surface area contributed by atoms with Crippen molar-refractivity contribution in [3.63, 3.8) is 0 Å². The van der Waals surface area contributed by atoms with Crippen molar-refractivity contribution in [3.05, 3.63) is 35.9 Å². The maximum atomic E-state index is 12.6. The Morgan fingerprint density at radius 2 is 1.77 bits per heavy atom. The maximum Gasteiger partial charge on any atom is 0.371 e. The number of hydrogen-bond donors (Lipinski definition) is 2. The summed E-state index contributed by atoms with van der Waals surface area (Å²) in [4.78, 5) is 12.0. The molecule has 0 radical (unpaired) electrons. The lowest BCUT2D eigenvalue weighted by Gasteiger charge is -2.32. The molecule has 2 N–H and O–H groups in total. The Labute approximate surface area is 139 Å². The monoisotopic (exact) mass is 369 g/mol. The third kappa shape index (κ3) is 4.44. The molecule has 0 saturated carbocycles. The molecule has 1 aromatic rings. The Kier molecular flexibility index (Phi) is 7.32. The van der Waals surface area contributed by atoms with Crippen LogP contribution in [0.2, 0.25) is 0 Å². The third-order valence-corrected chi connectivity index (χ3v) is 6.42. The molecular formula is C13H18Cl2NO5P. The molecule has 1 unspecified atom stereocenters. The van der Waals surface area contributed by atoms with E-state index in [9.17, 15) is 14.5 Å². The molecule has 1 atom stereocenters. The Bertz CT molecular complexity index is 530. The van der Waals surface area contributed by atoms with Crippen LogP contribution in [-0.4, -0.2) is 34.5 Å². The molecule has 0 bridgehead atoms. The molecule has 0 aliphatic rings. The van der Waals surface area contributed by atoms with Crippen molar-refractivity contribution in [2.75, 3.05) is 13.2 Å². The van der Waals surface area contributed by atoms with Crippen molar-refractivity contribution in [2.45, 2.75) is 24.1 Å². The normalized spacial score (nSPS) is 13.7. The number of carbonyl (C=O) groups excluding carboxylic acids is 1. The van der Waals surface area contributed by atoms with Gasteiger partial charge in [-0.25, -0.2) is 0 Å². The zero-order valence-corrected chi connectivity index (χ0v) is 14.6. The SMILES string of the molecule is CCOP(=O)(OCC)C(Cl)(Cl)C(O)NC(=O)c1ccccc1. The molecule has 0 aliphatic carbocycles. The third-order valence-electron chi connectivity index (χ3n) is 2.60. The van der Waals surface area contributed by atoms with Gasteiger partial charge >= 0.3 is 7.60 Å². The molecule has 0 saturated heterocycles. The summed E-state index contributed by atoms with van der Waals surface area (Å²) in [6, 6.07) is 8.12. The van der Waals surface area contributed by atoms with Crippen molar-refractivity contribution in [1.29, 1.82) is 0 Å². The Balaban J connectivity index is 2.91. The van der Waals surface area contributed by atoms with E-state index in [0.717, 1.165) is 0 Å². The number of alkyl halides is 2. The number of aliphatic hydroxyl groups is 1. The van der Waals surface area contributed by atoms with Crippen molar-refractivity contribution in [2.24, 2.45) is 0 Å². The van der Waals surface area contributed by atoms with Crippen LogP contribution in [0.15, 0.2) is 30.3 Å². The van der Waals surface area contributed by atoms with E-state index in [1.807, 2.05) is 0 Å². The van der Waals surface area contributed by atoms with Crippen molar-refractivity contribution in [1.82, 2.24) is 5.32 Å². The fourth-order valence-corrected chi connectivity index (χ4v) is 3.74. The number of benzene rings is 1. The molecule has 9 heteroatoms. The Morgan fingerprint density at radius 3 is 2.23 bits per heavy atom. The van der Waals surface area contributed by atoms with Gasteiger partial charge in [-0.15, -0.1) is 0 Å². The second-order valence-corrected chi connectivity index (χ2v) is 8.29. The van der Waals surface area contributed by atoms with Gasteiger partial charge in [-0.1, -0.05) is 41.4 Å². The molecule has 1 rings (SSSR count). The topological polar surface area (TPSA) is 84.9 Å². The number of nitrogens with one attached hydrogen (secondary N) is 1. The Hall–Kier alpha value is -0.620. The summed E-state index contributed by atoms with van der Waals surface area (Å²) in [7, 11) is -4.06. The largest absolute Gasteiger partial charge is 0.371 e. The number of hydrogen-bond acceptors (Lipinski definition) is 5. The van der Waals surface area contributed by atoms with Gasteiger partial charge in [0.15, 0.2) is 6.23 Å². The highest BCUT2D eigenvalue weighted by Crippen LogP contribution is 2.65. The summed E-state index contributed by atoms with van der Waals surface area (Å²) < 4.78 is 20.2. The molecule has 6 nitrogen and oxygen atoms in total. The van der Waals surface area contributed by atoms with Gasteiger partial charge in [0.1, 0.15) is 0 Å². The zero-order valence-electron chi connectivity index (χ0n) is 12.2. The smallest absolute Gasteiger partial charge is 0.370 e. The van der Waals surface area contributed by atoms with E-state index in [4.69, 9.17) is 32.2 Å². The van der Waals surface area contributed by atoms with Crippen molar-refractivity contribution < 1.29 is 23.5 Å². The van der Waals surface area contributed by atoms with Crippen LogP contribution in [0.3, 0.4) is 0 Å². The first-order chi connectivity index (χ1) is 10.3. The number of amides is 1. The fourth-order valence-electron chi connectivity index (χ4n) is 1.58. The van der Waals surface area contributed by atoms with Gasteiger partial charge in [0.25, 0.3) is 9.98 Å². The minimum Gasteiger partial charge on any atom is -0.370 e. The highest BCUT2D eigenvalue weighted by molar-refractivity contribution is 7.60. The lowest BCUT2D eigenvalue weighted by atomic mass is 10.2. The fraction of sp³-hybridized carbons (Fsp3) is 0.462. The molecule has 1 aromatic carbocycles. The van der Waals surface area contributed by atoms with Gasteiger partial charge in [0.05, 0.1) is 13.2 Å². The highest BCUT2D eigenvalue weighted by Gasteiger charge is 2.54. The quantitative estimate of drug-likeness (QED) is 0.417. The van der Waals surface area contributed by atoms with E-state index in [1.165, 1.54) is 12.1 Å². The first-order valence-corrected chi connectivity index (χ1v) is 8.89. The van der Waals surface area contributed by atoms with Gasteiger partial charge in [-0.05, 0) is 26.0 Å². The number of carbonyl (C=O) groups is 1. The standard InChI is InChI=1S/C13H18Cl2NO5P/c1-3-20-22(19,21-4-2)13(14,15)12(18)16-11(17)10-8-6-5-7-9-10/h5-9,12,18H,3-4H2,1-2H3,(H,16,17). The van der Waals surface area contributed by atoms with E-state index in [0.29, 0.717) is 0 Å². The molecule has 124 valence electrons. The first kappa shape index (κ1) is 19.4. The van der Waals surface area contributed by atoms with Crippen LogP contribution in [-0.2, 0) is 13.6 Å². The van der Waals surface area contributed by atoms with E-state index in [1.54, 1.807) is 32.0 Å². The minimum atomic E-state index is -4.06. The van der Waals surface area contributed by atoms with Crippen molar-refractivity contribution in [3.8, 4) is 0 Å². The summed E-state index contributed by atoms with van der Waals surface area (Å²) in [6.07, 6.45) is -1.85. The first-order valence-electron chi connectivity index (χ1n) is 6.59. The number of rotatable bonds is 8. The molecule has 1 amide bonds. The second-order valence-electron chi connectivity index (χ2n) is 4.16. The highest BCUT2D eigenvalue weighted by atomic mass is 35.5. The average molecular weight is 370 g/mol. The Morgan fingerprint density at radius 1 is 1.27 bits per heavy atom. The minimum absolute atomic E-state index is 0.0117. The number of halogens is 2. The van der Waals surface area contributed by atoms with Gasteiger partial charge in [0.2, 0.25) is 0 Å². The molecule has 0 heterocycles. The van der Waals surface area contributed by atoms with Crippen LogP contribution < -0.4 is 5.32 Å². The molecule has 0 aromatic heterocycles. The maximum absolute atomic E-state index is 12.6. The van der Waals surface area contributed by atoms with E-state index in [-0.39, 0.29) is 18.8 Å². The predicted octanol–water partition coefficient (Wildman–Crippen LogP) is 3.13. The van der Waals surface area contributed by atoms with Gasteiger partial charge < -0.3 is 19.5 Å². The molecule has 22 heavy (non-hydrogen) atoms. The summed E-state index contributed by atoms with van der Waals surface area (Å²) >= 11 is 11.9. The van der Waals surface area contributed by atoms with E-state index >= 15 is 0 Å². The summed E-state index contributed by atoms with van der Waals surface area (Å²) in [5.41, 5.74) is 0.285. The summed E-state index contributed by atoms with van der Waals surface area (Å²) in [6.45, 7) is 3.17. The molecule has 0 spiro atoms. The van der Waals surface area contributed by atoms with Crippen molar-refractivity contribution >= 4 is 36.7 Å². The van der Waals surface area contributed by atoms with Crippen LogP contribution in [0, 0.1) is 0 Å². The zero-order chi connectivity index (χ0) is 16.8. The average Bonchev–Trinajstić information content (AvgIpc) is 2.48. The molecule has 0 aliphatic heterocycles. The van der Waals surface area contributed by atoms with E-state index < -0.39 is 23.8 Å². The van der Waals surface area contributed by atoms with Gasteiger partial charge in [-0.2, -0.15) is 0 Å². The lowest BCUT2D eigenvalue weighted by Crippen LogP contribution is -2.46. The number of aliphatic hydroxyl groups excluding tert-OH is 1. The summed E-state index contributed by atoms with van der Waals surface area (Å²) in [5, 5.41) is 12.2. The van der Waals surface area contributed by atoms with Gasteiger partial charge in [-0.3, -0.25) is 9.36 Å². The molecular weight excluding hydrogens is 352 g/mol. The predicted molar refractivity (Wildman–Crippen MR) is 85.2 cm³/mol. The lowest BCUT2D eigenvalue weighted by molar-refractivity contribution is 0.0763. The second kappa shape index (κ2) is 8.29. The summed E-state index contributed by atoms with van der Waals surface area (Å²) in [5.74, 6) is -0.627. The van der Waals surface area contributed by atoms with Crippen LogP contribution in [0.25, 0.3) is 0 Å². The van der Waals surface area contributed by atoms with Crippen LogP contribution in [0.5, 0.6) is 0 Å². The molecule has 0 fully saturated rings. The van der Waals surface area contributed by atoms with Gasteiger partial charge in [0, 0.05) is 5.56 Å². The van der Waals surface area contributed by atoms with Crippen LogP contribution in [0.1, 0.15) is 24.2 Å².